The molecule has 9 heteroatoms. The quantitative estimate of drug-likeness (QED) is 0.224. The lowest BCUT2D eigenvalue weighted by Gasteiger charge is -2.23. The summed E-state index contributed by atoms with van der Waals surface area (Å²) in [6.07, 6.45) is 5.22. The van der Waals surface area contributed by atoms with E-state index in [2.05, 4.69) is 46.5 Å². The second kappa shape index (κ2) is 14.3. The lowest BCUT2D eigenvalue weighted by Crippen LogP contribution is -2.32. The lowest BCUT2D eigenvalue weighted by molar-refractivity contribution is 0.0955. The Bertz CT molecular complexity index is 1330. The molecule has 0 spiro atoms. The number of benzene rings is 2. The van der Waals surface area contributed by atoms with Gasteiger partial charge >= 0.3 is 0 Å². The molecule has 4 rings (SSSR count). The Labute approximate surface area is 240 Å². The SMILES string of the molecule is CCN(CC)CCN(C)Cc1cccc(C(=O)Nc2sc3c(c2C(=O)NN=Cc2ccc(F)cc2)CCCC3)c1. The van der Waals surface area contributed by atoms with E-state index in [1.165, 1.54) is 29.7 Å². The number of anilines is 1. The molecule has 0 saturated heterocycles. The van der Waals surface area contributed by atoms with Crippen LogP contribution in [0.15, 0.2) is 53.6 Å². The zero-order chi connectivity index (χ0) is 28.5. The van der Waals surface area contributed by atoms with Gasteiger partial charge < -0.3 is 15.1 Å². The Hall–Kier alpha value is -3.40. The zero-order valence-corrected chi connectivity index (χ0v) is 24.3. The van der Waals surface area contributed by atoms with Crippen LogP contribution < -0.4 is 10.7 Å². The first kappa shape index (κ1) is 29.6. The molecule has 3 aromatic rings. The van der Waals surface area contributed by atoms with Crippen molar-refractivity contribution < 1.29 is 14.0 Å². The van der Waals surface area contributed by atoms with Gasteiger partial charge in [-0.3, -0.25) is 9.59 Å². The predicted molar refractivity (Wildman–Crippen MR) is 161 cm³/mol. The minimum Gasteiger partial charge on any atom is -0.313 e. The number of rotatable bonds is 12. The number of halogens is 1. The molecule has 0 fully saturated rings. The van der Waals surface area contributed by atoms with E-state index in [0.29, 0.717) is 21.7 Å². The monoisotopic (exact) mass is 563 g/mol. The summed E-state index contributed by atoms with van der Waals surface area (Å²) in [4.78, 5) is 32.4. The van der Waals surface area contributed by atoms with Gasteiger partial charge in [0.25, 0.3) is 11.8 Å². The fourth-order valence-electron chi connectivity index (χ4n) is 4.89. The fourth-order valence-corrected chi connectivity index (χ4v) is 6.18. The number of hydrazone groups is 1. The van der Waals surface area contributed by atoms with Crippen molar-refractivity contribution in [2.75, 3.05) is 38.5 Å². The van der Waals surface area contributed by atoms with Gasteiger partial charge in [-0.15, -0.1) is 11.3 Å². The maximum absolute atomic E-state index is 13.3. The largest absolute Gasteiger partial charge is 0.313 e. The third-order valence-corrected chi connectivity index (χ3v) is 8.42. The van der Waals surface area contributed by atoms with Crippen molar-refractivity contribution in [3.8, 4) is 0 Å². The van der Waals surface area contributed by atoms with Crippen LogP contribution in [0.4, 0.5) is 9.39 Å². The van der Waals surface area contributed by atoms with Crippen LogP contribution in [0, 0.1) is 5.82 Å². The second-order valence-electron chi connectivity index (χ2n) is 10.1. The van der Waals surface area contributed by atoms with E-state index in [1.807, 2.05) is 18.2 Å². The number of hydrogen-bond acceptors (Lipinski definition) is 6. The smallest absolute Gasteiger partial charge is 0.274 e. The standard InChI is InChI=1S/C31H38FN5O2S/c1-4-37(5-2)18-17-36(3)21-23-9-8-10-24(19-23)29(38)34-31-28(26-11-6-7-12-27(26)40-31)30(39)35-33-20-22-13-15-25(32)16-14-22/h8-10,13-16,19-20H,4-7,11-12,17-18,21H2,1-3H3,(H,34,38)(H,35,39). The van der Waals surface area contributed by atoms with Crippen LogP contribution >= 0.6 is 11.3 Å². The van der Waals surface area contributed by atoms with Gasteiger partial charge in [0.15, 0.2) is 0 Å². The fraction of sp³-hybridized carbons (Fsp3) is 0.387. The first-order valence-corrected chi connectivity index (χ1v) is 14.7. The highest BCUT2D eigenvalue weighted by Gasteiger charge is 2.26. The third-order valence-electron chi connectivity index (χ3n) is 7.21. The second-order valence-corrected chi connectivity index (χ2v) is 11.2. The first-order chi connectivity index (χ1) is 19.4. The highest BCUT2D eigenvalue weighted by Crippen LogP contribution is 2.38. The van der Waals surface area contributed by atoms with E-state index in [0.717, 1.165) is 74.4 Å². The third kappa shape index (κ3) is 7.84. The average molecular weight is 564 g/mol. The van der Waals surface area contributed by atoms with E-state index < -0.39 is 0 Å². The predicted octanol–water partition coefficient (Wildman–Crippen LogP) is 5.56. The number of nitrogens with one attached hydrogen (secondary N) is 2. The number of aryl methyl sites for hydroxylation is 1. The molecule has 0 unspecified atom stereocenters. The molecule has 0 radical (unpaired) electrons. The number of nitrogens with zero attached hydrogens (tertiary/aromatic N) is 3. The summed E-state index contributed by atoms with van der Waals surface area (Å²) in [7, 11) is 2.09. The summed E-state index contributed by atoms with van der Waals surface area (Å²) >= 11 is 1.47. The summed E-state index contributed by atoms with van der Waals surface area (Å²) in [5.74, 6) is -0.939. The van der Waals surface area contributed by atoms with Crippen LogP contribution in [0.2, 0.25) is 0 Å². The van der Waals surface area contributed by atoms with Crippen molar-refractivity contribution in [2.24, 2.45) is 5.10 Å². The summed E-state index contributed by atoms with van der Waals surface area (Å²) in [6.45, 7) is 9.11. The maximum Gasteiger partial charge on any atom is 0.274 e. The molecule has 212 valence electrons. The molecule has 1 aromatic heterocycles. The average Bonchev–Trinajstić information content (AvgIpc) is 3.32. The normalized spacial score (nSPS) is 13.2. The summed E-state index contributed by atoms with van der Waals surface area (Å²) in [6, 6.07) is 13.5. The van der Waals surface area contributed by atoms with E-state index in [-0.39, 0.29) is 17.6 Å². The first-order valence-electron chi connectivity index (χ1n) is 13.9. The van der Waals surface area contributed by atoms with Gasteiger partial charge in [-0.25, -0.2) is 9.82 Å². The topological polar surface area (TPSA) is 77.0 Å². The van der Waals surface area contributed by atoms with Crippen molar-refractivity contribution in [3.05, 3.63) is 87.0 Å². The number of carbonyl (C=O) groups excluding carboxylic acids is 2. The Balaban J connectivity index is 1.46. The molecule has 1 heterocycles. The number of fused-ring (bicyclic) bond motifs is 1. The molecular formula is C31H38FN5O2S. The number of carbonyl (C=O) groups is 2. The molecule has 2 amide bonds. The summed E-state index contributed by atoms with van der Waals surface area (Å²) < 4.78 is 13.2. The van der Waals surface area contributed by atoms with Crippen molar-refractivity contribution in [3.63, 3.8) is 0 Å². The van der Waals surface area contributed by atoms with Crippen LogP contribution in [0.25, 0.3) is 0 Å². The van der Waals surface area contributed by atoms with Crippen molar-refractivity contribution in [1.29, 1.82) is 0 Å². The van der Waals surface area contributed by atoms with Crippen LogP contribution in [0.1, 0.15) is 69.0 Å². The lowest BCUT2D eigenvalue weighted by atomic mass is 9.95. The Kier molecular flexibility index (Phi) is 10.6. The van der Waals surface area contributed by atoms with Gasteiger partial charge in [-0.2, -0.15) is 5.10 Å². The minimum atomic E-state index is -0.364. The van der Waals surface area contributed by atoms with Gasteiger partial charge in [0.2, 0.25) is 0 Å². The molecule has 1 aliphatic carbocycles. The highest BCUT2D eigenvalue weighted by atomic mass is 32.1. The maximum atomic E-state index is 13.3. The number of likely N-dealkylation sites (N-methyl/N-ethyl adjacent to an activating group) is 2. The van der Waals surface area contributed by atoms with Gasteiger partial charge in [0.1, 0.15) is 10.8 Å². The molecule has 0 atom stereocenters. The number of hydrogen-bond donors (Lipinski definition) is 2. The Morgan fingerprint density at radius 3 is 2.52 bits per heavy atom. The molecule has 40 heavy (non-hydrogen) atoms. The zero-order valence-electron chi connectivity index (χ0n) is 23.5. The molecule has 0 aliphatic heterocycles. The summed E-state index contributed by atoms with van der Waals surface area (Å²) in [5.41, 5.74) is 6.36. The molecule has 2 aromatic carbocycles. The van der Waals surface area contributed by atoms with Gasteiger partial charge in [-0.1, -0.05) is 38.1 Å². The van der Waals surface area contributed by atoms with E-state index in [1.54, 1.807) is 18.2 Å². The number of amides is 2. The van der Waals surface area contributed by atoms with Gasteiger partial charge in [-0.05, 0) is 86.8 Å². The van der Waals surface area contributed by atoms with Crippen LogP contribution in [0.5, 0.6) is 0 Å². The van der Waals surface area contributed by atoms with E-state index in [4.69, 9.17) is 0 Å². The van der Waals surface area contributed by atoms with Crippen LogP contribution in [0.3, 0.4) is 0 Å². The summed E-state index contributed by atoms with van der Waals surface area (Å²) in [5, 5.41) is 7.64. The van der Waals surface area contributed by atoms with Gasteiger partial charge in [0.05, 0.1) is 11.8 Å². The van der Waals surface area contributed by atoms with Crippen LogP contribution in [-0.4, -0.2) is 61.1 Å². The molecule has 0 bridgehead atoms. The Morgan fingerprint density at radius 2 is 1.77 bits per heavy atom. The number of thiophene rings is 1. The van der Waals surface area contributed by atoms with Crippen molar-refractivity contribution in [2.45, 2.75) is 46.1 Å². The molecule has 7 nitrogen and oxygen atoms in total. The van der Waals surface area contributed by atoms with E-state index >= 15 is 0 Å². The van der Waals surface area contributed by atoms with Crippen molar-refractivity contribution >= 4 is 34.4 Å². The van der Waals surface area contributed by atoms with Gasteiger partial charge in [0, 0.05) is 30.1 Å². The van der Waals surface area contributed by atoms with Crippen LogP contribution in [-0.2, 0) is 19.4 Å². The molecule has 0 saturated carbocycles. The Morgan fingerprint density at radius 1 is 1.02 bits per heavy atom. The van der Waals surface area contributed by atoms with Crippen molar-refractivity contribution in [1.82, 2.24) is 15.2 Å². The van der Waals surface area contributed by atoms with E-state index in [9.17, 15) is 14.0 Å². The molecular weight excluding hydrogens is 525 g/mol. The minimum absolute atomic E-state index is 0.241. The molecule has 1 aliphatic rings. The molecule has 2 N–H and O–H groups in total. The highest BCUT2D eigenvalue weighted by molar-refractivity contribution is 7.17.